The number of nitrogens with zero attached hydrogens (tertiary/aromatic N) is 2. The fourth-order valence-electron chi connectivity index (χ4n) is 3.27. The van der Waals surface area contributed by atoms with Crippen LogP contribution in [0.15, 0.2) is 71.0 Å². The minimum absolute atomic E-state index is 0. The van der Waals surface area contributed by atoms with Crippen LogP contribution in [0.3, 0.4) is 0 Å². The van der Waals surface area contributed by atoms with E-state index < -0.39 is 11.9 Å². The molecule has 2 aromatic carbocycles. The first kappa shape index (κ1) is 22.6. The number of aliphatic imine (C=N–C) groups is 1. The Morgan fingerprint density at radius 2 is 1.83 bits per heavy atom. The maximum atomic E-state index is 11.8. The zero-order chi connectivity index (χ0) is 20.8. The van der Waals surface area contributed by atoms with E-state index in [0.29, 0.717) is 11.4 Å². The van der Waals surface area contributed by atoms with Gasteiger partial charge in [0.05, 0.1) is 18.6 Å². The summed E-state index contributed by atoms with van der Waals surface area (Å²) in [5.41, 5.74) is 9.78. The lowest BCUT2D eigenvalue weighted by molar-refractivity contribution is -0.135. The molecule has 2 aliphatic rings. The number of primary amides is 1. The molecule has 0 aliphatic carbocycles. The predicted molar refractivity (Wildman–Crippen MR) is 114 cm³/mol. The highest BCUT2D eigenvalue weighted by atomic mass is 19.0. The average molecular weight is 413 g/mol. The number of carboxylic acid groups (broad SMARTS) is 1. The van der Waals surface area contributed by atoms with Gasteiger partial charge in [0.25, 0.3) is 5.91 Å². The Kier molecular flexibility index (Phi) is 7.65. The van der Waals surface area contributed by atoms with Crippen LogP contribution in [0, 0.1) is 0 Å². The van der Waals surface area contributed by atoms with Gasteiger partial charge >= 0.3 is 5.97 Å². The van der Waals surface area contributed by atoms with E-state index in [9.17, 15) is 9.59 Å². The van der Waals surface area contributed by atoms with Gasteiger partial charge in [-0.05, 0) is 18.7 Å². The zero-order valence-electron chi connectivity index (χ0n) is 16.4. The second-order valence-electron chi connectivity index (χ2n) is 6.57. The van der Waals surface area contributed by atoms with E-state index in [1.807, 2.05) is 36.4 Å². The molecule has 8 nitrogen and oxygen atoms in total. The molecule has 1 amide bonds. The highest BCUT2D eigenvalue weighted by Crippen LogP contribution is 2.42. The van der Waals surface area contributed by atoms with Crippen molar-refractivity contribution in [3.8, 4) is 0 Å². The average Bonchev–Trinajstić information content (AvgIpc) is 3.12. The smallest absolute Gasteiger partial charge is 0.317 e. The van der Waals surface area contributed by atoms with Crippen molar-refractivity contribution in [3.05, 3.63) is 77.1 Å². The molecule has 0 saturated carbocycles. The zero-order valence-corrected chi connectivity index (χ0v) is 16.4. The number of carbonyl (C=O) groups excluding carboxylic acids is 1. The van der Waals surface area contributed by atoms with E-state index in [1.165, 1.54) is 5.56 Å². The Hall–Kier alpha value is -3.72. The fourth-order valence-corrected chi connectivity index (χ4v) is 3.27. The summed E-state index contributed by atoms with van der Waals surface area (Å²) < 4.78 is 0. The summed E-state index contributed by atoms with van der Waals surface area (Å²) in [5.74, 6) is -1.31. The van der Waals surface area contributed by atoms with Crippen molar-refractivity contribution >= 4 is 23.9 Å². The monoisotopic (exact) mass is 413 g/mol. The van der Waals surface area contributed by atoms with Gasteiger partial charge in [-0.3, -0.25) is 14.3 Å². The maximum absolute atomic E-state index is 11.8. The van der Waals surface area contributed by atoms with Crippen LogP contribution in [0.2, 0.25) is 0 Å². The van der Waals surface area contributed by atoms with Crippen LogP contribution in [0.4, 0.5) is 10.4 Å². The van der Waals surface area contributed by atoms with Crippen molar-refractivity contribution in [1.82, 2.24) is 10.2 Å². The van der Waals surface area contributed by atoms with Crippen LogP contribution in [-0.4, -0.2) is 41.8 Å². The van der Waals surface area contributed by atoms with Crippen LogP contribution >= 0.6 is 0 Å². The standard InChI is InChI=1S/C18H16N4O.C3H7NO2.FH/c19-18(23)16-15-17(13-8-4-5-9-14(13)21-16)22(11-20-15)10-12-6-2-1-3-7-12;1-4-2-3(5)6;/h1-9,11,17,21H,10H2,(H2,19,23);4H,2H2,1H3,(H,5,6);1H. The Labute approximate surface area is 173 Å². The number of rotatable bonds is 5. The number of fused-ring (bicyclic) bond motifs is 3. The third kappa shape index (κ3) is 5.00. The molecular weight excluding hydrogens is 389 g/mol. The Balaban J connectivity index is 0.000000405. The Morgan fingerprint density at radius 3 is 2.43 bits per heavy atom. The first-order valence-corrected chi connectivity index (χ1v) is 9.11. The number of para-hydroxylation sites is 1. The van der Waals surface area contributed by atoms with Gasteiger partial charge in [-0.25, -0.2) is 4.99 Å². The van der Waals surface area contributed by atoms with E-state index >= 15 is 0 Å². The van der Waals surface area contributed by atoms with Gasteiger partial charge in [0.2, 0.25) is 0 Å². The lowest BCUT2D eigenvalue weighted by Crippen LogP contribution is -2.31. The van der Waals surface area contributed by atoms with Gasteiger partial charge in [-0.2, -0.15) is 0 Å². The molecule has 0 saturated heterocycles. The van der Waals surface area contributed by atoms with Crippen LogP contribution < -0.4 is 16.4 Å². The third-order valence-electron chi connectivity index (χ3n) is 4.49. The highest BCUT2D eigenvalue weighted by Gasteiger charge is 2.36. The molecule has 2 aromatic rings. The van der Waals surface area contributed by atoms with E-state index in [-0.39, 0.29) is 17.3 Å². The molecule has 30 heavy (non-hydrogen) atoms. The lowest BCUT2D eigenvalue weighted by atomic mass is 9.95. The van der Waals surface area contributed by atoms with E-state index in [1.54, 1.807) is 13.4 Å². The number of aliphatic carboxylic acids is 1. The van der Waals surface area contributed by atoms with Gasteiger partial charge in [0.15, 0.2) is 0 Å². The van der Waals surface area contributed by atoms with Crippen LogP contribution in [0.1, 0.15) is 17.2 Å². The first-order valence-electron chi connectivity index (χ1n) is 9.11. The molecule has 4 rings (SSSR count). The van der Waals surface area contributed by atoms with Crippen molar-refractivity contribution in [2.24, 2.45) is 10.7 Å². The summed E-state index contributed by atoms with van der Waals surface area (Å²) in [5, 5.41) is 13.4. The summed E-state index contributed by atoms with van der Waals surface area (Å²) in [6.07, 6.45) is 1.79. The molecule has 1 atom stereocenters. The minimum atomic E-state index is -0.822. The molecule has 2 heterocycles. The summed E-state index contributed by atoms with van der Waals surface area (Å²) in [4.78, 5) is 27.9. The number of nitrogens with one attached hydrogen (secondary N) is 2. The Bertz CT molecular complexity index is 962. The quantitative estimate of drug-likeness (QED) is 0.594. The van der Waals surface area contributed by atoms with Crippen molar-refractivity contribution in [2.45, 2.75) is 12.6 Å². The topological polar surface area (TPSA) is 120 Å². The van der Waals surface area contributed by atoms with Crippen LogP contribution in [0.5, 0.6) is 0 Å². The predicted octanol–water partition coefficient (Wildman–Crippen LogP) is 1.84. The normalized spacial score (nSPS) is 15.8. The summed E-state index contributed by atoms with van der Waals surface area (Å²) >= 11 is 0. The number of halogens is 1. The largest absolute Gasteiger partial charge is 0.480 e. The van der Waals surface area contributed by atoms with Crippen LogP contribution in [0.25, 0.3) is 0 Å². The van der Waals surface area contributed by atoms with Crippen molar-refractivity contribution in [2.75, 3.05) is 18.9 Å². The van der Waals surface area contributed by atoms with E-state index in [4.69, 9.17) is 10.8 Å². The number of anilines is 1. The molecule has 0 bridgehead atoms. The number of likely N-dealkylation sites (N-methyl/N-ethyl adjacent to an activating group) is 1. The summed E-state index contributed by atoms with van der Waals surface area (Å²) in [6, 6.07) is 18.0. The van der Waals surface area contributed by atoms with Crippen molar-refractivity contribution in [1.29, 1.82) is 0 Å². The summed E-state index contributed by atoms with van der Waals surface area (Å²) in [6.45, 7) is 0.763. The molecule has 158 valence electrons. The minimum Gasteiger partial charge on any atom is -0.480 e. The van der Waals surface area contributed by atoms with Crippen LogP contribution in [-0.2, 0) is 16.1 Å². The van der Waals surface area contributed by atoms with Gasteiger partial charge in [-0.1, -0.05) is 48.5 Å². The number of benzene rings is 2. The SMILES string of the molecule is CNCC(=O)O.F.NC(=O)C1=C2N=CN(Cc3ccccc3)C2c2ccccc2N1. The van der Waals surface area contributed by atoms with Crippen molar-refractivity contribution < 1.29 is 19.4 Å². The number of nitrogens with two attached hydrogens (primary N) is 1. The second kappa shape index (κ2) is 10.2. The molecule has 0 radical (unpaired) electrons. The first-order chi connectivity index (χ1) is 14.0. The molecule has 0 spiro atoms. The van der Waals surface area contributed by atoms with E-state index in [0.717, 1.165) is 17.8 Å². The lowest BCUT2D eigenvalue weighted by Gasteiger charge is -2.31. The Morgan fingerprint density at radius 1 is 1.17 bits per heavy atom. The molecule has 5 N–H and O–H groups in total. The third-order valence-corrected chi connectivity index (χ3v) is 4.49. The highest BCUT2D eigenvalue weighted by molar-refractivity contribution is 5.98. The molecule has 0 fully saturated rings. The number of hydrogen-bond donors (Lipinski definition) is 4. The number of carbonyl (C=O) groups is 2. The fraction of sp³-hybridized carbons (Fsp3) is 0.190. The number of carboxylic acids is 1. The van der Waals surface area contributed by atoms with Gasteiger partial charge < -0.3 is 26.4 Å². The van der Waals surface area contributed by atoms with Gasteiger partial charge in [0, 0.05) is 17.8 Å². The van der Waals surface area contributed by atoms with Crippen molar-refractivity contribution in [3.63, 3.8) is 0 Å². The summed E-state index contributed by atoms with van der Waals surface area (Å²) in [7, 11) is 1.59. The van der Waals surface area contributed by atoms with Gasteiger partial charge in [-0.15, -0.1) is 0 Å². The van der Waals surface area contributed by atoms with E-state index in [2.05, 4.69) is 38.7 Å². The molecule has 2 aliphatic heterocycles. The second-order valence-corrected chi connectivity index (χ2v) is 6.57. The molecule has 0 aromatic heterocycles. The molecule has 1 unspecified atom stereocenters. The molecule has 9 heteroatoms. The maximum Gasteiger partial charge on any atom is 0.317 e. The van der Waals surface area contributed by atoms with Gasteiger partial charge in [0.1, 0.15) is 11.7 Å². The number of hydrogen-bond acceptors (Lipinski definition) is 6. The molecular formula is C21H24FN5O3. The number of amides is 1.